The largest absolute Gasteiger partial charge is 0.361 e. The minimum atomic E-state index is -2.36. The second-order valence-corrected chi connectivity index (χ2v) is 3.56. The lowest BCUT2D eigenvalue weighted by atomic mass is 10.0. The summed E-state index contributed by atoms with van der Waals surface area (Å²) in [7, 11) is 0. The second kappa shape index (κ2) is 5.27. The number of nitrogens with one attached hydrogen (secondary N) is 1. The fourth-order valence-corrected chi connectivity index (χ4v) is 1.62. The summed E-state index contributed by atoms with van der Waals surface area (Å²) in [6.45, 7) is 0. The highest BCUT2D eigenvalue weighted by Crippen LogP contribution is 2.22. The Morgan fingerprint density at radius 2 is 2.00 bits per heavy atom. The van der Waals surface area contributed by atoms with Gasteiger partial charge in [-0.3, -0.25) is 0 Å². The molecule has 2 rings (SSSR count). The van der Waals surface area contributed by atoms with Crippen LogP contribution in [0.4, 0.5) is 8.78 Å². The number of rotatable bonds is 3. The zero-order chi connectivity index (χ0) is 10.8. The SMILES string of the molecule is Cl.N[C@H](CC(F)F)c1ccc2cc[nH]c2c1. The van der Waals surface area contributed by atoms with E-state index in [0.29, 0.717) is 0 Å². The third-order valence-electron chi connectivity index (χ3n) is 2.44. The van der Waals surface area contributed by atoms with Crippen molar-refractivity contribution in [2.75, 3.05) is 0 Å². The van der Waals surface area contributed by atoms with E-state index in [0.717, 1.165) is 16.5 Å². The number of fused-ring (bicyclic) bond motifs is 1. The average molecular weight is 247 g/mol. The maximum atomic E-state index is 12.1. The molecular weight excluding hydrogens is 234 g/mol. The van der Waals surface area contributed by atoms with Gasteiger partial charge in [-0.15, -0.1) is 12.4 Å². The quantitative estimate of drug-likeness (QED) is 0.858. The molecule has 16 heavy (non-hydrogen) atoms. The molecule has 1 heterocycles. The fraction of sp³-hybridized carbons (Fsp3) is 0.273. The number of aromatic amines is 1. The number of hydrogen-bond acceptors (Lipinski definition) is 1. The Hall–Kier alpha value is -1.13. The van der Waals surface area contributed by atoms with Crippen LogP contribution in [-0.4, -0.2) is 11.4 Å². The lowest BCUT2D eigenvalue weighted by Gasteiger charge is -2.11. The van der Waals surface area contributed by atoms with Gasteiger partial charge in [0.2, 0.25) is 6.43 Å². The summed E-state index contributed by atoms with van der Waals surface area (Å²) in [6.07, 6.45) is -0.849. The van der Waals surface area contributed by atoms with Crippen LogP contribution in [0.25, 0.3) is 10.9 Å². The Kier molecular flexibility index (Phi) is 4.26. The van der Waals surface area contributed by atoms with Crippen molar-refractivity contribution in [2.24, 2.45) is 5.73 Å². The van der Waals surface area contributed by atoms with Crippen LogP contribution in [0.3, 0.4) is 0 Å². The van der Waals surface area contributed by atoms with Crippen molar-refractivity contribution < 1.29 is 8.78 Å². The Bertz CT molecular complexity index is 456. The zero-order valence-corrected chi connectivity index (χ0v) is 9.31. The van der Waals surface area contributed by atoms with E-state index in [-0.39, 0.29) is 18.8 Å². The second-order valence-electron chi connectivity index (χ2n) is 3.56. The average Bonchev–Trinajstić information content (AvgIpc) is 2.62. The summed E-state index contributed by atoms with van der Waals surface area (Å²) in [5, 5.41) is 1.06. The van der Waals surface area contributed by atoms with Crippen LogP contribution in [0, 0.1) is 0 Å². The lowest BCUT2D eigenvalue weighted by Crippen LogP contribution is -2.13. The van der Waals surface area contributed by atoms with Gasteiger partial charge in [-0.2, -0.15) is 0 Å². The van der Waals surface area contributed by atoms with Gasteiger partial charge in [0, 0.05) is 24.2 Å². The van der Waals surface area contributed by atoms with Gasteiger partial charge in [-0.1, -0.05) is 12.1 Å². The van der Waals surface area contributed by atoms with Gasteiger partial charge in [0.1, 0.15) is 0 Å². The van der Waals surface area contributed by atoms with Crippen LogP contribution in [0.2, 0.25) is 0 Å². The van der Waals surface area contributed by atoms with Crippen LogP contribution in [0.1, 0.15) is 18.0 Å². The van der Waals surface area contributed by atoms with E-state index in [9.17, 15) is 8.78 Å². The predicted molar refractivity (Wildman–Crippen MR) is 63.1 cm³/mol. The first-order valence-electron chi connectivity index (χ1n) is 4.77. The van der Waals surface area contributed by atoms with Gasteiger partial charge in [-0.25, -0.2) is 8.78 Å². The van der Waals surface area contributed by atoms with Crippen molar-refractivity contribution in [3.63, 3.8) is 0 Å². The Balaban J connectivity index is 0.00000128. The van der Waals surface area contributed by atoms with Crippen molar-refractivity contribution >= 4 is 23.3 Å². The number of aromatic nitrogens is 1. The summed E-state index contributed by atoms with van der Waals surface area (Å²) in [5.41, 5.74) is 7.33. The Morgan fingerprint density at radius 1 is 1.25 bits per heavy atom. The van der Waals surface area contributed by atoms with Crippen molar-refractivity contribution in [1.82, 2.24) is 4.98 Å². The van der Waals surface area contributed by atoms with Gasteiger partial charge in [0.25, 0.3) is 0 Å². The molecule has 0 aliphatic heterocycles. The third-order valence-corrected chi connectivity index (χ3v) is 2.44. The highest BCUT2D eigenvalue weighted by Gasteiger charge is 2.13. The summed E-state index contributed by atoms with van der Waals surface area (Å²) in [4.78, 5) is 3.03. The minimum Gasteiger partial charge on any atom is -0.361 e. The molecule has 1 atom stereocenters. The first-order valence-corrected chi connectivity index (χ1v) is 4.77. The standard InChI is InChI=1S/C11H12F2N2.ClH/c12-11(13)6-9(14)8-2-1-7-3-4-15-10(7)5-8;/h1-5,9,11,15H,6,14H2;1H/t9-;/m1./s1. The van der Waals surface area contributed by atoms with Crippen molar-refractivity contribution in [2.45, 2.75) is 18.9 Å². The molecule has 1 aromatic heterocycles. The van der Waals surface area contributed by atoms with Crippen LogP contribution >= 0.6 is 12.4 Å². The summed E-state index contributed by atoms with van der Waals surface area (Å²) >= 11 is 0. The number of hydrogen-bond donors (Lipinski definition) is 2. The first-order chi connectivity index (χ1) is 7.16. The molecule has 0 saturated heterocycles. The van der Waals surface area contributed by atoms with Crippen LogP contribution < -0.4 is 5.73 Å². The first kappa shape index (κ1) is 12.9. The van der Waals surface area contributed by atoms with E-state index >= 15 is 0 Å². The maximum Gasteiger partial charge on any atom is 0.240 e. The minimum absolute atomic E-state index is 0. The van der Waals surface area contributed by atoms with E-state index in [2.05, 4.69) is 4.98 Å². The van der Waals surface area contributed by atoms with Gasteiger partial charge < -0.3 is 10.7 Å². The molecule has 0 unspecified atom stereocenters. The normalized spacial score (nSPS) is 12.8. The topological polar surface area (TPSA) is 41.8 Å². The number of H-pyrrole nitrogens is 1. The predicted octanol–water partition coefficient (Wildman–Crippen LogP) is 3.24. The smallest absolute Gasteiger partial charge is 0.240 e. The molecule has 0 aliphatic carbocycles. The molecule has 88 valence electrons. The molecule has 0 radical (unpaired) electrons. The van der Waals surface area contributed by atoms with Gasteiger partial charge in [0.15, 0.2) is 0 Å². The molecule has 0 aliphatic rings. The number of benzene rings is 1. The van der Waals surface area contributed by atoms with Crippen molar-refractivity contribution in [3.05, 3.63) is 36.0 Å². The molecule has 0 amide bonds. The Morgan fingerprint density at radius 3 is 2.69 bits per heavy atom. The molecule has 1 aromatic carbocycles. The Labute approximate surface area is 98.2 Å². The van der Waals surface area contributed by atoms with Gasteiger partial charge >= 0.3 is 0 Å². The molecule has 0 fully saturated rings. The van der Waals surface area contributed by atoms with E-state index in [1.54, 1.807) is 6.07 Å². The molecule has 0 spiro atoms. The van der Waals surface area contributed by atoms with Gasteiger partial charge in [0.05, 0.1) is 0 Å². The van der Waals surface area contributed by atoms with Crippen molar-refractivity contribution in [1.29, 1.82) is 0 Å². The van der Waals surface area contributed by atoms with E-state index in [4.69, 9.17) is 5.73 Å². The van der Waals surface area contributed by atoms with Gasteiger partial charge in [-0.05, 0) is 23.1 Å². The van der Waals surface area contributed by atoms with Crippen LogP contribution in [0.5, 0.6) is 0 Å². The number of halogens is 3. The van der Waals surface area contributed by atoms with E-state index in [1.165, 1.54) is 0 Å². The zero-order valence-electron chi connectivity index (χ0n) is 8.49. The lowest BCUT2D eigenvalue weighted by molar-refractivity contribution is 0.128. The number of alkyl halides is 2. The van der Waals surface area contributed by atoms with E-state index < -0.39 is 12.5 Å². The highest BCUT2D eigenvalue weighted by atomic mass is 35.5. The fourth-order valence-electron chi connectivity index (χ4n) is 1.62. The summed E-state index contributed by atoms with van der Waals surface area (Å²) in [6, 6.07) is 6.83. The molecule has 0 saturated carbocycles. The molecule has 5 heteroatoms. The third kappa shape index (κ3) is 2.71. The molecule has 2 aromatic rings. The van der Waals surface area contributed by atoms with Crippen molar-refractivity contribution in [3.8, 4) is 0 Å². The molecular formula is C11H13ClF2N2. The molecule has 0 bridgehead atoms. The number of nitrogens with two attached hydrogens (primary N) is 1. The summed E-state index contributed by atoms with van der Waals surface area (Å²) < 4.78 is 24.3. The van der Waals surface area contributed by atoms with Crippen LogP contribution in [0.15, 0.2) is 30.5 Å². The monoisotopic (exact) mass is 246 g/mol. The van der Waals surface area contributed by atoms with E-state index in [1.807, 2.05) is 24.4 Å². The summed E-state index contributed by atoms with van der Waals surface area (Å²) in [5.74, 6) is 0. The highest BCUT2D eigenvalue weighted by molar-refractivity contribution is 5.85. The molecule has 3 N–H and O–H groups in total. The molecule has 2 nitrogen and oxygen atoms in total. The van der Waals surface area contributed by atoms with Crippen LogP contribution in [-0.2, 0) is 0 Å². The maximum absolute atomic E-state index is 12.1.